The van der Waals surface area contributed by atoms with Gasteiger partial charge >= 0.3 is 0 Å². The van der Waals surface area contributed by atoms with Crippen molar-refractivity contribution in [2.45, 2.75) is 18.7 Å². The lowest BCUT2D eigenvalue weighted by Gasteiger charge is -2.33. The maximum Gasteiger partial charge on any atom is 0.248 e. The lowest BCUT2D eigenvalue weighted by Crippen LogP contribution is -2.51. The largest absolute Gasteiger partial charge is 0.360 e. The molecule has 1 saturated heterocycles. The van der Waals surface area contributed by atoms with Gasteiger partial charge in [0.05, 0.1) is 13.1 Å². The molecule has 2 rings (SSSR count). The van der Waals surface area contributed by atoms with E-state index in [-0.39, 0.29) is 23.9 Å². The predicted octanol–water partition coefficient (Wildman–Crippen LogP) is -0.653. The van der Waals surface area contributed by atoms with Crippen LogP contribution in [0.5, 0.6) is 0 Å². The standard InChI is InChI=1S/C14H20N4O4S/c1-4-5-15-13(19)10-17-6-8-18(9-7-17)23(20,21)14-11(2)16-22-12(14)3/h1H,5-10H2,2-3H3,(H,15,19). The van der Waals surface area contributed by atoms with Gasteiger partial charge in [-0.3, -0.25) is 9.69 Å². The molecule has 1 aliphatic rings. The molecule has 1 amide bonds. The number of aryl methyl sites for hydroxylation is 2. The summed E-state index contributed by atoms with van der Waals surface area (Å²) < 4.78 is 31.7. The van der Waals surface area contributed by atoms with Gasteiger partial charge < -0.3 is 9.84 Å². The van der Waals surface area contributed by atoms with Crippen LogP contribution < -0.4 is 5.32 Å². The second kappa shape index (κ2) is 7.12. The first kappa shape index (κ1) is 17.5. The van der Waals surface area contributed by atoms with E-state index in [0.29, 0.717) is 37.6 Å². The van der Waals surface area contributed by atoms with E-state index in [1.807, 2.05) is 4.90 Å². The smallest absolute Gasteiger partial charge is 0.248 e. The normalized spacial score (nSPS) is 16.9. The van der Waals surface area contributed by atoms with Crippen molar-refractivity contribution in [3.63, 3.8) is 0 Å². The highest BCUT2D eigenvalue weighted by molar-refractivity contribution is 7.89. The summed E-state index contributed by atoms with van der Waals surface area (Å²) in [7, 11) is -3.62. The highest BCUT2D eigenvalue weighted by atomic mass is 32.2. The number of carbonyl (C=O) groups is 1. The second-order valence-electron chi connectivity index (χ2n) is 5.31. The molecule has 8 nitrogen and oxygen atoms in total. The predicted molar refractivity (Wildman–Crippen MR) is 83.0 cm³/mol. The third-order valence-electron chi connectivity index (χ3n) is 3.65. The van der Waals surface area contributed by atoms with Crippen LogP contribution in [-0.4, -0.2) is 68.0 Å². The number of hydrogen-bond donors (Lipinski definition) is 1. The van der Waals surface area contributed by atoms with E-state index in [2.05, 4.69) is 16.4 Å². The molecule has 0 radical (unpaired) electrons. The molecule has 1 N–H and O–H groups in total. The van der Waals surface area contributed by atoms with Crippen molar-refractivity contribution in [2.24, 2.45) is 0 Å². The summed E-state index contributed by atoms with van der Waals surface area (Å²) in [6.45, 7) is 5.18. The molecule has 1 fully saturated rings. The molecule has 0 saturated carbocycles. The third kappa shape index (κ3) is 3.90. The van der Waals surface area contributed by atoms with Gasteiger partial charge in [-0.25, -0.2) is 8.42 Å². The van der Waals surface area contributed by atoms with E-state index in [1.54, 1.807) is 13.8 Å². The van der Waals surface area contributed by atoms with Crippen LogP contribution in [0.4, 0.5) is 0 Å². The first-order valence-corrected chi connectivity index (χ1v) is 8.65. The molecule has 23 heavy (non-hydrogen) atoms. The van der Waals surface area contributed by atoms with Crippen LogP contribution in [0, 0.1) is 26.2 Å². The second-order valence-corrected chi connectivity index (χ2v) is 7.19. The summed E-state index contributed by atoms with van der Waals surface area (Å²) in [5.41, 5.74) is 0.360. The highest BCUT2D eigenvalue weighted by Crippen LogP contribution is 2.24. The number of nitrogens with one attached hydrogen (secondary N) is 1. The zero-order chi connectivity index (χ0) is 17.0. The van der Waals surface area contributed by atoms with Crippen molar-refractivity contribution in [3.05, 3.63) is 11.5 Å². The zero-order valence-corrected chi connectivity index (χ0v) is 14.0. The van der Waals surface area contributed by atoms with Crippen LogP contribution in [0.1, 0.15) is 11.5 Å². The Morgan fingerprint density at radius 2 is 2.00 bits per heavy atom. The van der Waals surface area contributed by atoms with E-state index in [1.165, 1.54) is 4.31 Å². The Morgan fingerprint density at radius 3 is 2.52 bits per heavy atom. The van der Waals surface area contributed by atoms with Gasteiger partial charge in [-0.2, -0.15) is 4.31 Å². The molecule has 0 unspecified atom stereocenters. The first-order valence-electron chi connectivity index (χ1n) is 7.21. The van der Waals surface area contributed by atoms with E-state index in [4.69, 9.17) is 10.9 Å². The topological polar surface area (TPSA) is 95.8 Å². The number of nitrogens with zero attached hydrogens (tertiary/aromatic N) is 3. The molecule has 0 spiro atoms. The average Bonchev–Trinajstić information content (AvgIpc) is 2.85. The lowest BCUT2D eigenvalue weighted by molar-refractivity contribution is -0.122. The van der Waals surface area contributed by atoms with Gasteiger partial charge in [-0.1, -0.05) is 11.1 Å². The maximum atomic E-state index is 12.7. The minimum Gasteiger partial charge on any atom is -0.360 e. The van der Waals surface area contributed by atoms with Gasteiger partial charge in [-0.05, 0) is 13.8 Å². The Bertz CT molecular complexity index is 692. The minimum atomic E-state index is -3.62. The molecule has 126 valence electrons. The number of piperazine rings is 1. The van der Waals surface area contributed by atoms with Crippen molar-refractivity contribution >= 4 is 15.9 Å². The van der Waals surface area contributed by atoms with Crippen molar-refractivity contribution < 1.29 is 17.7 Å². The zero-order valence-electron chi connectivity index (χ0n) is 13.2. The summed E-state index contributed by atoms with van der Waals surface area (Å²) in [6, 6.07) is 0. The fourth-order valence-electron chi connectivity index (χ4n) is 2.51. The van der Waals surface area contributed by atoms with E-state index in [9.17, 15) is 13.2 Å². The highest BCUT2D eigenvalue weighted by Gasteiger charge is 2.33. The molecule has 1 aliphatic heterocycles. The Hall–Kier alpha value is -1.89. The molecular weight excluding hydrogens is 320 g/mol. The van der Waals surface area contributed by atoms with E-state index >= 15 is 0 Å². The number of terminal acetylenes is 1. The van der Waals surface area contributed by atoms with E-state index in [0.717, 1.165) is 0 Å². The summed E-state index contributed by atoms with van der Waals surface area (Å²) in [6.07, 6.45) is 5.08. The van der Waals surface area contributed by atoms with Crippen LogP contribution in [0.15, 0.2) is 9.42 Å². The Labute approximate surface area is 135 Å². The fraction of sp³-hybridized carbons (Fsp3) is 0.571. The molecule has 0 bridgehead atoms. The number of aromatic nitrogens is 1. The van der Waals surface area contributed by atoms with Crippen LogP contribution in [0.3, 0.4) is 0 Å². The monoisotopic (exact) mass is 340 g/mol. The number of amides is 1. The van der Waals surface area contributed by atoms with Crippen LogP contribution in [0.2, 0.25) is 0 Å². The van der Waals surface area contributed by atoms with Gasteiger partial charge in [0.2, 0.25) is 15.9 Å². The van der Waals surface area contributed by atoms with Gasteiger partial charge in [0.25, 0.3) is 0 Å². The van der Waals surface area contributed by atoms with Crippen LogP contribution in [-0.2, 0) is 14.8 Å². The van der Waals surface area contributed by atoms with Gasteiger partial charge in [0.1, 0.15) is 10.6 Å². The summed E-state index contributed by atoms with van der Waals surface area (Å²) in [5.74, 6) is 2.46. The lowest BCUT2D eigenvalue weighted by atomic mass is 10.3. The minimum absolute atomic E-state index is 0.137. The first-order chi connectivity index (χ1) is 10.9. The van der Waals surface area contributed by atoms with Gasteiger partial charge in [-0.15, -0.1) is 6.42 Å². The van der Waals surface area contributed by atoms with Crippen LogP contribution in [0.25, 0.3) is 0 Å². The van der Waals surface area contributed by atoms with Crippen molar-refractivity contribution in [1.82, 2.24) is 19.7 Å². The number of carbonyl (C=O) groups excluding carboxylic acids is 1. The molecule has 0 aliphatic carbocycles. The van der Waals surface area contributed by atoms with Crippen molar-refractivity contribution in [2.75, 3.05) is 39.3 Å². The quantitative estimate of drug-likeness (QED) is 0.716. The molecular formula is C14H20N4O4S. The fourth-order valence-corrected chi connectivity index (χ4v) is 4.22. The van der Waals surface area contributed by atoms with Gasteiger partial charge in [0, 0.05) is 26.2 Å². The molecule has 1 aromatic rings. The average molecular weight is 340 g/mol. The third-order valence-corrected chi connectivity index (χ3v) is 5.80. The maximum absolute atomic E-state index is 12.7. The Kier molecular flexibility index (Phi) is 5.41. The van der Waals surface area contributed by atoms with E-state index < -0.39 is 10.0 Å². The molecule has 9 heteroatoms. The van der Waals surface area contributed by atoms with Crippen molar-refractivity contribution in [1.29, 1.82) is 0 Å². The number of hydrogen-bond acceptors (Lipinski definition) is 6. The van der Waals surface area contributed by atoms with Gasteiger partial charge in [0.15, 0.2) is 5.76 Å². The Morgan fingerprint density at radius 1 is 1.35 bits per heavy atom. The Balaban J connectivity index is 1.97. The van der Waals surface area contributed by atoms with Crippen molar-refractivity contribution in [3.8, 4) is 12.3 Å². The van der Waals surface area contributed by atoms with Crippen LogP contribution >= 0.6 is 0 Å². The summed E-state index contributed by atoms with van der Waals surface area (Å²) in [5, 5.41) is 6.29. The molecule has 0 aromatic carbocycles. The molecule has 2 heterocycles. The molecule has 0 atom stereocenters. The summed E-state index contributed by atoms with van der Waals surface area (Å²) >= 11 is 0. The SMILES string of the molecule is C#CCNC(=O)CN1CCN(S(=O)(=O)c2c(C)noc2C)CC1. The summed E-state index contributed by atoms with van der Waals surface area (Å²) in [4.78, 5) is 13.7. The number of sulfonamides is 1. The number of rotatable bonds is 5. The molecule has 1 aromatic heterocycles.